The molecule has 0 spiro atoms. The zero-order valence-corrected chi connectivity index (χ0v) is 20.0. The van der Waals surface area contributed by atoms with E-state index >= 15 is 0 Å². The minimum absolute atomic E-state index is 0.124. The maximum Gasteiger partial charge on any atom is 0.258 e. The van der Waals surface area contributed by atoms with Gasteiger partial charge in [0.2, 0.25) is 10.0 Å². The molecule has 3 aromatic rings. The van der Waals surface area contributed by atoms with Crippen LogP contribution in [0.4, 0.5) is 11.4 Å². The Balaban J connectivity index is 1.47. The van der Waals surface area contributed by atoms with Crippen molar-refractivity contribution in [2.45, 2.75) is 6.42 Å². The summed E-state index contributed by atoms with van der Waals surface area (Å²) in [6.45, 7) is 1.68. The highest BCUT2D eigenvalue weighted by Gasteiger charge is 2.29. The molecule has 0 radical (unpaired) electrons. The average Bonchev–Trinajstić information content (AvgIpc) is 3.25. The summed E-state index contributed by atoms with van der Waals surface area (Å²) in [7, 11) is -3.34. The van der Waals surface area contributed by atoms with Crippen LogP contribution in [0.15, 0.2) is 78.9 Å². The lowest BCUT2D eigenvalue weighted by Gasteiger charge is -2.25. The van der Waals surface area contributed by atoms with Gasteiger partial charge >= 0.3 is 0 Å². The Labute approximate surface area is 205 Å². The van der Waals surface area contributed by atoms with Crippen LogP contribution in [0.3, 0.4) is 0 Å². The molecule has 2 aliphatic heterocycles. The van der Waals surface area contributed by atoms with E-state index in [0.29, 0.717) is 61.2 Å². The lowest BCUT2D eigenvalue weighted by molar-refractivity contribution is 0.0989. The lowest BCUT2D eigenvalue weighted by Crippen LogP contribution is -2.32. The van der Waals surface area contributed by atoms with E-state index in [1.165, 1.54) is 4.31 Å². The summed E-state index contributed by atoms with van der Waals surface area (Å²) in [5.74, 6) is 1.13. The normalized spacial score (nSPS) is 16.4. The Kier molecular flexibility index (Phi) is 6.46. The van der Waals surface area contributed by atoms with E-state index in [0.717, 1.165) is 5.56 Å². The minimum Gasteiger partial charge on any atom is -0.486 e. The van der Waals surface area contributed by atoms with Crippen LogP contribution >= 0.6 is 0 Å². The van der Waals surface area contributed by atoms with Gasteiger partial charge in [-0.15, -0.1) is 0 Å². The van der Waals surface area contributed by atoms with E-state index in [2.05, 4.69) is 0 Å². The molecule has 35 heavy (non-hydrogen) atoms. The van der Waals surface area contributed by atoms with E-state index in [4.69, 9.17) is 9.47 Å². The maximum atomic E-state index is 13.7. The number of rotatable bonds is 6. The Morgan fingerprint density at radius 3 is 2.51 bits per heavy atom. The molecule has 8 heteroatoms. The largest absolute Gasteiger partial charge is 0.486 e. The number of ether oxygens (including phenoxy) is 2. The van der Waals surface area contributed by atoms with Gasteiger partial charge in [-0.05, 0) is 42.3 Å². The Morgan fingerprint density at radius 2 is 1.74 bits per heavy atom. The summed E-state index contributed by atoms with van der Waals surface area (Å²) < 4.78 is 37.6. The van der Waals surface area contributed by atoms with Crippen LogP contribution in [0.1, 0.15) is 22.3 Å². The molecule has 0 bridgehead atoms. The Bertz CT molecular complexity index is 1350. The quantitative estimate of drug-likeness (QED) is 0.513. The predicted octanol–water partition coefficient (Wildman–Crippen LogP) is 4.36. The van der Waals surface area contributed by atoms with Crippen LogP contribution in [0, 0.1) is 0 Å². The molecule has 1 saturated heterocycles. The van der Waals surface area contributed by atoms with Crippen molar-refractivity contribution >= 4 is 33.4 Å². The van der Waals surface area contributed by atoms with Crippen molar-refractivity contribution in [3.05, 3.63) is 90.0 Å². The first-order valence-corrected chi connectivity index (χ1v) is 13.2. The van der Waals surface area contributed by atoms with Crippen molar-refractivity contribution in [2.75, 3.05) is 41.3 Å². The SMILES string of the molecule is O=C(c1cccc(N2CCCS2(=O)=O)c1)N(CC=Cc1ccccc1)c1ccc2c(c1)OCCO2. The predicted molar refractivity (Wildman–Crippen MR) is 137 cm³/mol. The summed E-state index contributed by atoms with van der Waals surface area (Å²) in [6.07, 6.45) is 4.47. The second-order valence-corrected chi connectivity index (χ2v) is 10.4. The molecule has 0 saturated carbocycles. The van der Waals surface area contributed by atoms with Crippen molar-refractivity contribution in [2.24, 2.45) is 0 Å². The molecular formula is C27H26N2O5S. The Hall–Kier alpha value is -3.78. The fourth-order valence-electron chi connectivity index (χ4n) is 4.24. The first kappa shape index (κ1) is 23.0. The van der Waals surface area contributed by atoms with E-state index in [1.807, 2.05) is 48.6 Å². The average molecular weight is 491 g/mol. The standard InChI is InChI=1S/C27H26N2O5S/c30-27(22-10-4-11-24(19-22)29-15-6-18-35(29,31)32)28(14-5-9-21-7-2-1-3-8-21)23-12-13-25-26(20-23)34-17-16-33-25/h1-5,7-13,19-20H,6,14-18H2. The van der Waals surface area contributed by atoms with Gasteiger partial charge in [0, 0.05) is 30.4 Å². The van der Waals surface area contributed by atoms with Crippen LogP contribution in [-0.4, -0.2) is 46.4 Å². The van der Waals surface area contributed by atoms with Crippen LogP contribution in [-0.2, 0) is 10.0 Å². The number of hydrogen-bond donors (Lipinski definition) is 0. The van der Waals surface area contributed by atoms with Crippen molar-refractivity contribution < 1.29 is 22.7 Å². The summed E-state index contributed by atoms with van der Waals surface area (Å²) in [6, 6.07) is 22.1. The second-order valence-electron chi connectivity index (χ2n) is 8.35. The van der Waals surface area contributed by atoms with Gasteiger partial charge in [-0.3, -0.25) is 9.10 Å². The fraction of sp³-hybridized carbons (Fsp3) is 0.222. The lowest BCUT2D eigenvalue weighted by atomic mass is 10.1. The van der Waals surface area contributed by atoms with Crippen molar-refractivity contribution in [3.63, 3.8) is 0 Å². The number of carbonyl (C=O) groups is 1. The van der Waals surface area contributed by atoms with Gasteiger partial charge in [-0.2, -0.15) is 0 Å². The number of hydrogen-bond acceptors (Lipinski definition) is 5. The topological polar surface area (TPSA) is 76.2 Å². The number of fused-ring (bicyclic) bond motifs is 1. The van der Waals surface area contributed by atoms with Gasteiger partial charge in [-0.25, -0.2) is 8.42 Å². The first-order chi connectivity index (χ1) is 17.0. The second kappa shape index (κ2) is 9.84. The van der Waals surface area contributed by atoms with Crippen LogP contribution < -0.4 is 18.7 Å². The monoisotopic (exact) mass is 490 g/mol. The van der Waals surface area contributed by atoms with E-state index in [1.54, 1.807) is 41.3 Å². The van der Waals surface area contributed by atoms with Gasteiger partial charge in [0.25, 0.3) is 5.91 Å². The van der Waals surface area contributed by atoms with Crippen molar-refractivity contribution in [1.29, 1.82) is 0 Å². The summed E-state index contributed by atoms with van der Waals surface area (Å²) in [5.41, 5.74) is 2.61. The molecule has 0 aliphatic carbocycles. The zero-order chi connectivity index (χ0) is 24.3. The summed E-state index contributed by atoms with van der Waals surface area (Å²) in [4.78, 5) is 15.4. The van der Waals surface area contributed by atoms with E-state index < -0.39 is 10.0 Å². The number of nitrogens with zero attached hydrogens (tertiary/aromatic N) is 2. The molecule has 2 aliphatic rings. The number of benzene rings is 3. The van der Waals surface area contributed by atoms with Crippen LogP contribution in [0.25, 0.3) is 6.08 Å². The summed E-state index contributed by atoms with van der Waals surface area (Å²) in [5, 5.41) is 0. The minimum atomic E-state index is -3.34. The molecule has 5 rings (SSSR count). The third-order valence-corrected chi connectivity index (χ3v) is 7.83. The van der Waals surface area contributed by atoms with Crippen LogP contribution in [0.5, 0.6) is 11.5 Å². The molecule has 1 amide bonds. The fourth-order valence-corrected chi connectivity index (χ4v) is 5.80. The third kappa shape index (κ3) is 5.02. The van der Waals surface area contributed by atoms with Gasteiger partial charge in [0.15, 0.2) is 11.5 Å². The van der Waals surface area contributed by atoms with Gasteiger partial charge < -0.3 is 14.4 Å². The molecule has 0 N–H and O–H groups in total. The summed E-state index contributed by atoms with van der Waals surface area (Å²) >= 11 is 0. The van der Waals surface area contributed by atoms with Crippen molar-refractivity contribution in [1.82, 2.24) is 0 Å². The molecule has 0 atom stereocenters. The highest BCUT2D eigenvalue weighted by atomic mass is 32.2. The molecule has 2 heterocycles. The third-order valence-electron chi connectivity index (χ3n) is 5.96. The highest BCUT2D eigenvalue weighted by molar-refractivity contribution is 7.93. The molecular weight excluding hydrogens is 464 g/mol. The number of amides is 1. The molecule has 3 aromatic carbocycles. The smallest absolute Gasteiger partial charge is 0.258 e. The number of sulfonamides is 1. The Morgan fingerprint density at radius 1 is 0.943 bits per heavy atom. The van der Waals surface area contributed by atoms with Gasteiger partial charge in [0.1, 0.15) is 13.2 Å². The highest BCUT2D eigenvalue weighted by Crippen LogP contribution is 2.35. The molecule has 1 fully saturated rings. The molecule has 0 aromatic heterocycles. The van der Waals surface area contributed by atoms with E-state index in [9.17, 15) is 13.2 Å². The molecule has 180 valence electrons. The van der Waals surface area contributed by atoms with Gasteiger partial charge in [-0.1, -0.05) is 48.6 Å². The van der Waals surface area contributed by atoms with Gasteiger partial charge in [0.05, 0.1) is 11.4 Å². The molecule has 0 unspecified atom stereocenters. The van der Waals surface area contributed by atoms with Crippen LogP contribution in [0.2, 0.25) is 0 Å². The molecule has 7 nitrogen and oxygen atoms in total. The number of carbonyl (C=O) groups excluding carboxylic acids is 1. The number of anilines is 2. The van der Waals surface area contributed by atoms with E-state index in [-0.39, 0.29) is 11.7 Å². The maximum absolute atomic E-state index is 13.7. The zero-order valence-electron chi connectivity index (χ0n) is 19.2. The van der Waals surface area contributed by atoms with Crippen molar-refractivity contribution in [3.8, 4) is 11.5 Å². The first-order valence-electron chi connectivity index (χ1n) is 11.5.